The van der Waals surface area contributed by atoms with Gasteiger partial charge < -0.3 is 5.32 Å². The predicted octanol–water partition coefficient (Wildman–Crippen LogP) is 4.63. The summed E-state index contributed by atoms with van der Waals surface area (Å²) in [5.41, 5.74) is 4.74. The third kappa shape index (κ3) is 5.67. The van der Waals surface area contributed by atoms with E-state index in [2.05, 4.69) is 69.4 Å². The van der Waals surface area contributed by atoms with Crippen LogP contribution in [-0.2, 0) is 6.54 Å². The van der Waals surface area contributed by atoms with E-state index in [-0.39, 0.29) is 12.4 Å². The average Bonchev–Trinajstić information content (AvgIpc) is 3.24. The number of tetrazole rings is 1. The maximum absolute atomic E-state index is 4.12. The highest BCUT2D eigenvalue weighted by Crippen LogP contribution is 2.19. The van der Waals surface area contributed by atoms with E-state index in [1.165, 1.54) is 16.7 Å². The summed E-state index contributed by atoms with van der Waals surface area (Å²) in [5.74, 6) is 0.898. The molecule has 0 radical (unpaired) electrons. The van der Waals surface area contributed by atoms with Crippen molar-refractivity contribution in [1.82, 2.24) is 25.5 Å². The van der Waals surface area contributed by atoms with Crippen LogP contribution in [0.2, 0.25) is 0 Å². The van der Waals surface area contributed by atoms with E-state index in [1.54, 1.807) is 16.4 Å². The Morgan fingerprint density at radius 3 is 2.17 bits per heavy atom. The van der Waals surface area contributed by atoms with Gasteiger partial charge in [0.1, 0.15) is 0 Å². The zero-order chi connectivity index (χ0) is 19.0. The van der Waals surface area contributed by atoms with Gasteiger partial charge in [0.05, 0.1) is 5.69 Å². The standard InChI is InChI=1S/C22H21N5S.ClH/c1-3-7-19(8-4-1)20-13-11-18(12-14-20)17-23-15-16-28-22-24-25-26-27(22)21-9-5-2-6-10-21;/h1-14,23H,15-17H2;1H. The van der Waals surface area contributed by atoms with Crippen LogP contribution in [0.1, 0.15) is 5.56 Å². The van der Waals surface area contributed by atoms with Crippen LogP contribution in [0, 0.1) is 0 Å². The van der Waals surface area contributed by atoms with Crippen LogP contribution in [0.25, 0.3) is 16.8 Å². The number of nitrogens with one attached hydrogen (secondary N) is 1. The Balaban J connectivity index is 0.00000240. The molecule has 0 bridgehead atoms. The van der Waals surface area contributed by atoms with Crippen molar-refractivity contribution in [3.8, 4) is 16.8 Å². The summed E-state index contributed by atoms with van der Waals surface area (Å²) in [4.78, 5) is 0. The molecule has 148 valence electrons. The molecule has 0 saturated heterocycles. The lowest BCUT2D eigenvalue weighted by Crippen LogP contribution is -2.16. The number of benzene rings is 3. The minimum Gasteiger partial charge on any atom is -0.312 e. The number of hydrogen-bond donors (Lipinski definition) is 1. The van der Waals surface area contributed by atoms with Crippen LogP contribution in [0.5, 0.6) is 0 Å². The summed E-state index contributed by atoms with van der Waals surface area (Å²) in [7, 11) is 0. The van der Waals surface area contributed by atoms with Crippen molar-refractivity contribution in [2.24, 2.45) is 0 Å². The Bertz CT molecular complexity index is 991. The maximum Gasteiger partial charge on any atom is 0.214 e. The molecule has 7 heteroatoms. The molecule has 0 amide bonds. The van der Waals surface area contributed by atoms with Crippen molar-refractivity contribution in [3.63, 3.8) is 0 Å². The number of nitrogens with zero attached hydrogens (tertiary/aromatic N) is 4. The molecule has 1 aromatic heterocycles. The van der Waals surface area contributed by atoms with Gasteiger partial charge in [-0.05, 0) is 39.2 Å². The number of rotatable bonds is 8. The summed E-state index contributed by atoms with van der Waals surface area (Å²) in [6.45, 7) is 1.73. The molecule has 29 heavy (non-hydrogen) atoms. The fourth-order valence-electron chi connectivity index (χ4n) is 2.89. The van der Waals surface area contributed by atoms with E-state index in [0.717, 1.165) is 29.7 Å². The summed E-state index contributed by atoms with van der Waals surface area (Å²) >= 11 is 1.65. The Kier molecular flexibility index (Phi) is 7.81. The Labute approximate surface area is 181 Å². The molecule has 1 N–H and O–H groups in total. The highest BCUT2D eigenvalue weighted by atomic mass is 35.5. The lowest BCUT2D eigenvalue weighted by Gasteiger charge is -2.07. The van der Waals surface area contributed by atoms with Crippen LogP contribution in [0.15, 0.2) is 90.1 Å². The van der Waals surface area contributed by atoms with Crippen LogP contribution in [-0.4, -0.2) is 32.5 Å². The Morgan fingerprint density at radius 2 is 1.45 bits per heavy atom. The van der Waals surface area contributed by atoms with Gasteiger partial charge in [0, 0.05) is 18.8 Å². The normalized spacial score (nSPS) is 10.5. The molecular weight excluding hydrogens is 402 g/mol. The molecule has 4 aromatic rings. The molecule has 0 atom stereocenters. The van der Waals surface area contributed by atoms with Crippen molar-refractivity contribution in [2.75, 3.05) is 12.3 Å². The third-order valence-electron chi connectivity index (χ3n) is 4.34. The van der Waals surface area contributed by atoms with Crippen molar-refractivity contribution in [3.05, 3.63) is 90.5 Å². The van der Waals surface area contributed by atoms with Gasteiger partial charge in [0.25, 0.3) is 0 Å². The summed E-state index contributed by atoms with van der Waals surface area (Å²) in [6.07, 6.45) is 0. The minimum atomic E-state index is 0. The number of halogens is 1. The largest absolute Gasteiger partial charge is 0.312 e. The molecule has 0 fully saturated rings. The monoisotopic (exact) mass is 423 g/mol. The molecule has 0 unspecified atom stereocenters. The average molecular weight is 424 g/mol. The molecular formula is C22H22ClN5S. The molecule has 3 aromatic carbocycles. The lowest BCUT2D eigenvalue weighted by molar-refractivity contribution is 0.728. The van der Waals surface area contributed by atoms with Crippen LogP contribution < -0.4 is 5.32 Å². The van der Waals surface area contributed by atoms with E-state index >= 15 is 0 Å². The van der Waals surface area contributed by atoms with Gasteiger partial charge >= 0.3 is 0 Å². The number of para-hydroxylation sites is 1. The highest BCUT2D eigenvalue weighted by molar-refractivity contribution is 7.99. The van der Waals surface area contributed by atoms with Crippen molar-refractivity contribution >= 4 is 24.2 Å². The van der Waals surface area contributed by atoms with Crippen LogP contribution in [0.3, 0.4) is 0 Å². The second kappa shape index (κ2) is 10.8. The van der Waals surface area contributed by atoms with Crippen LogP contribution in [0.4, 0.5) is 0 Å². The number of aromatic nitrogens is 4. The van der Waals surface area contributed by atoms with Gasteiger partial charge in [-0.15, -0.1) is 17.5 Å². The molecule has 0 spiro atoms. The van der Waals surface area contributed by atoms with Crippen LogP contribution >= 0.6 is 24.2 Å². The second-order valence-electron chi connectivity index (χ2n) is 6.30. The topological polar surface area (TPSA) is 55.6 Å². The van der Waals surface area contributed by atoms with Gasteiger partial charge in [-0.2, -0.15) is 4.68 Å². The zero-order valence-electron chi connectivity index (χ0n) is 15.8. The summed E-state index contributed by atoms with van der Waals surface area (Å²) in [5, 5.41) is 16.3. The SMILES string of the molecule is Cl.c1ccc(-c2ccc(CNCCSc3nnnn3-c3ccccc3)cc2)cc1. The van der Waals surface area contributed by atoms with Crippen molar-refractivity contribution in [1.29, 1.82) is 0 Å². The predicted molar refractivity (Wildman–Crippen MR) is 121 cm³/mol. The quantitative estimate of drug-likeness (QED) is 0.330. The Morgan fingerprint density at radius 1 is 0.793 bits per heavy atom. The van der Waals surface area contributed by atoms with Gasteiger partial charge in [0.2, 0.25) is 5.16 Å². The zero-order valence-corrected chi connectivity index (χ0v) is 17.4. The summed E-state index contributed by atoms with van der Waals surface area (Å²) in [6, 6.07) is 29.1. The second-order valence-corrected chi connectivity index (χ2v) is 7.36. The molecule has 5 nitrogen and oxygen atoms in total. The highest BCUT2D eigenvalue weighted by Gasteiger charge is 2.08. The van der Waals surface area contributed by atoms with E-state index < -0.39 is 0 Å². The first kappa shape index (κ1) is 21.0. The molecule has 1 heterocycles. The molecule has 0 aliphatic heterocycles. The van der Waals surface area contributed by atoms with Gasteiger partial charge in [-0.3, -0.25) is 0 Å². The van der Waals surface area contributed by atoms with E-state index in [9.17, 15) is 0 Å². The smallest absolute Gasteiger partial charge is 0.214 e. The van der Waals surface area contributed by atoms with E-state index in [1.807, 2.05) is 36.4 Å². The molecule has 0 aliphatic rings. The van der Waals surface area contributed by atoms with Gasteiger partial charge in [0.15, 0.2) is 0 Å². The fraction of sp³-hybridized carbons (Fsp3) is 0.136. The van der Waals surface area contributed by atoms with Gasteiger partial charge in [-0.25, -0.2) is 0 Å². The molecule has 0 saturated carbocycles. The van der Waals surface area contributed by atoms with Gasteiger partial charge in [-0.1, -0.05) is 84.6 Å². The fourth-order valence-corrected chi connectivity index (χ4v) is 3.68. The first-order valence-corrected chi connectivity index (χ1v) is 10.2. The Hall–Kier alpha value is -2.67. The minimum absolute atomic E-state index is 0. The first-order valence-electron chi connectivity index (χ1n) is 9.22. The third-order valence-corrected chi connectivity index (χ3v) is 5.26. The number of hydrogen-bond acceptors (Lipinski definition) is 5. The molecule has 4 rings (SSSR count). The van der Waals surface area contributed by atoms with Crippen molar-refractivity contribution < 1.29 is 0 Å². The first-order chi connectivity index (χ1) is 13.9. The van der Waals surface area contributed by atoms with Crippen molar-refractivity contribution in [2.45, 2.75) is 11.7 Å². The van der Waals surface area contributed by atoms with E-state index in [4.69, 9.17) is 0 Å². The summed E-state index contributed by atoms with van der Waals surface area (Å²) < 4.78 is 1.77. The maximum atomic E-state index is 4.12. The molecule has 0 aliphatic carbocycles. The number of thioether (sulfide) groups is 1. The lowest BCUT2D eigenvalue weighted by atomic mass is 10.0. The van der Waals surface area contributed by atoms with E-state index in [0.29, 0.717) is 0 Å².